The zero-order valence-electron chi connectivity index (χ0n) is 13.6. The summed E-state index contributed by atoms with van der Waals surface area (Å²) in [6, 6.07) is 7.89. The number of hydrogen-bond acceptors (Lipinski definition) is 2. The average molecular weight is 334 g/mol. The van der Waals surface area contributed by atoms with Crippen molar-refractivity contribution in [2.75, 3.05) is 12.4 Å². The maximum absolute atomic E-state index is 13.2. The molecule has 0 aliphatic heterocycles. The standard InChI is InChI=1S/C19H24ClNO2/c1-23-11-15-4-2-3-5-16(15)21-17(22)18-7-13-6-14(8-18)10-19(20,9-13)12-18/h2-5,13-14H,6-12H2,1H3,(H,21,22). The highest BCUT2D eigenvalue weighted by molar-refractivity contribution is 6.24. The summed E-state index contributed by atoms with van der Waals surface area (Å²) in [6.45, 7) is 0.508. The van der Waals surface area contributed by atoms with Crippen LogP contribution in [0.1, 0.15) is 44.1 Å². The maximum atomic E-state index is 13.2. The average Bonchev–Trinajstić information content (AvgIpc) is 2.47. The number of rotatable bonds is 4. The summed E-state index contributed by atoms with van der Waals surface area (Å²) in [5.74, 6) is 1.43. The van der Waals surface area contributed by atoms with Crippen molar-refractivity contribution in [3.8, 4) is 0 Å². The van der Waals surface area contributed by atoms with Crippen LogP contribution in [0.2, 0.25) is 0 Å². The largest absolute Gasteiger partial charge is 0.380 e. The molecule has 0 radical (unpaired) electrons. The number of halogens is 1. The molecule has 1 aromatic rings. The van der Waals surface area contributed by atoms with Gasteiger partial charge in [-0.3, -0.25) is 4.79 Å². The Kier molecular flexibility index (Phi) is 3.69. The van der Waals surface area contributed by atoms with Crippen LogP contribution in [0.25, 0.3) is 0 Å². The van der Waals surface area contributed by atoms with Crippen molar-refractivity contribution in [3.05, 3.63) is 29.8 Å². The van der Waals surface area contributed by atoms with Crippen LogP contribution >= 0.6 is 11.6 Å². The van der Waals surface area contributed by atoms with Crippen LogP contribution in [-0.4, -0.2) is 17.9 Å². The van der Waals surface area contributed by atoms with Crippen molar-refractivity contribution in [1.82, 2.24) is 0 Å². The fraction of sp³-hybridized carbons (Fsp3) is 0.632. The molecular weight excluding hydrogens is 310 g/mol. The number of hydrogen-bond donors (Lipinski definition) is 1. The van der Waals surface area contributed by atoms with Crippen molar-refractivity contribution in [2.24, 2.45) is 17.3 Å². The highest BCUT2D eigenvalue weighted by atomic mass is 35.5. The number of para-hydroxylation sites is 1. The minimum absolute atomic E-state index is 0.131. The zero-order valence-corrected chi connectivity index (χ0v) is 14.4. The predicted octanol–water partition coefficient (Wildman–Crippen LogP) is 4.35. The van der Waals surface area contributed by atoms with Gasteiger partial charge < -0.3 is 10.1 Å². The Balaban J connectivity index is 1.58. The second-order valence-corrected chi connectivity index (χ2v) is 8.74. The quantitative estimate of drug-likeness (QED) is 0.832. The number of ether oxygens (including phenoxy) is 1. The summed E-state index contributed by atoms with van der Waals surface area (Å²) in [7, 11) is 1.68. The van der Waals surface area contributed by atoms with E-state index in [1.54, 1.807) is 7.11 Å². The van der Waals surface area contributed by atoms with Crippen molar-refractivity contribution >= 4 is 23.2 Å². The van der Waals surface area contributed by atoms with Gasteiger partial charge in [0.15, 0.2) is 0 Å². The lowest BCUT2D eigenvalue weighted by Gasteiger charge is -2.59. The Labute approximate surface area is 142 Å². The van der Waals surface area contributed by atoms with E-state index in [2.05, 4.69) is 5.32 Å². The summed E-state index contributed by atoms with van der Waals surface area (Å²) in [4.78, 5) is 13.0. The van der Waals surface area contributed by atoms with Crippen molar-refractivity contribution in [3.63, 3.8) is 0 Å². The van der Waals surface area contributed by atoms with Crippen LogP contribution in [0.15, 0.2) is 24.3 Å². The molecule has 3 nitrogen and oxygen atoms in total. The molecule has 0 saturated heterocycles. The number of carbonyl (C=O) groups is 1. The van der Waals surface area contributed by atoms with Gasteiger partial charge in [-0.15, -0.1) is 11.6 Å². The number of methoxy groups -OCH3 is 1. The fourth-order valence-electron chi connectivity index (χ4n) is 5.59. The first-order chi connectivity index (χ1) is 11.0. The highest BCUT2D eigenvalue weighted by Crippen LogP contribution is 2.64. The molecule has 1 N–H and O–H groups in total. The van der Waals surface area contributed by atoms with E-state index < -0.39 is 0 Å². The Morgan fingerprint density at radius 2 is 1.96 bits per heavy atom. The molecule has 2 unspecified atom stereocenters. The van der Waals surface area contributed by atoms with Gasteiger partial charge in [0.05, 0.1) is 12.0 Å². The van der Waals surface area contributed by atoms with Crippen molar-refractivity contribution < 1.29 is 9.53 Å². The number of alkyl halides is 1. The number of carbonyl (C=O) groups excluding carboxylic acids is 1. The Hall–Kier alpha value is -1.06. The van der Waals surface area contributed by atoms with Crippen LogP contribution in [0, 0.1) is 17.3 Å². The zero-order chi connectivity index (χ0) is 16.1. The first-order valence-electron chi connectivity index (χ1n) is 8.59. The van der Waals surface area contributed by atoms with E-state index >= 15 is 0 Å². The van der Waals surface area contributed by atoms with Crippen LogP contribution in [-0.2, 0) is 16.1 Å². The van der Waals surface area contributed by atoms with Gasteiger partial charge in [-0.2, -0.15) is 0 Å². The second-order valence-electron chi connectivity index (χ2n) is 7.94. The third-order valence-electron chi connectivity index (χ3n) is 6.04. The van der Waals surface area contributed by atoms with Crippen molar-refractivity contribution in [2.45, 2.75) is 50.0 Å². The van der Waals surface area contributed by atoms with Gasteiger partial charge in [0, 0.05) is 23.2 Å². The smallest absolute Gasteiger partial charge is 0.230 e. The molecule has 1 aromatic carbocycles. The Morgan fingerprint density at radius 3 is 2.61 bits per heavy atom. The molecule has 4 fully saturated rings. The summed E-state index contributed by atoms with van der Waals surface area (Å²) in [5, 5.41) is 3.19. The van der Waals surface area contributed by atoms with E-state index in [1.165, 1.54) is 6.42 Å². The molecule has 4 heteroatoms. The molecule has 0 heterocycles. The third kappa shape index (κ3) is 2.68. The maximum Gasteiger partial charge on any atom is 0.230 e. The third-order valence-corrected chi connectivity index (χ3v) is 6.48. The fourth-order valence-corrected chi connectivity index (χ4v) is 6.29. The molecular formula is C19H24ClNO2. The second kappa shape index (κ2) is 5.49. The topological polar surface area (TPSA) is 38.3 Å². The molecule has 0 spiro atoms. The first kappa shape index (κ1) is 15.5. The molecule has 4 saturated carbocycles. The molecule has 5 rings (SSSR count). The van der Waals surface area contributed by atoms with Gasteiger partial charge in [0.25, 0.3) is 0 Å². The van der Waals surface area contributed by atoms with Gasteiger partial charge in [-0.05, 0) is 56.4 Å². The monoisotopic (exact) mass is 333 g/mol. The lowest BCUT2D eigenvalue weighted by Crippen LogP contribution is -2.57. The Morgan fingerprint density at radius 1 is 1.26 bits per heavy atom. The number of anilines is 1. The highest BCUT2D eigenvalue weighted by Gasteiger charge is 2.60. The first-order valence-corrected chi connectivity index (χ1v) is 8.97. The van der Waals surface area contributed by atoms with Gasteiger partial charge >= 0.3 is 0 Å². The lowest BCUT2D eigenvalue weighted by molar-refractivity contribution is -0.138. The normalized spacial score (nSPS) is 37.8. The molecule has 1 amide bonds. The van der Waals surface area contributed by atoms with E-state index in [4.69, 9.17) is 16.3 Å². The Bertz CT molecular complexity index is 616. The van der Waals surface area contributed by atoms with E-state index in [-0.39, 0.29) is 16.2 Å². The van der Waals surface area contributed by atoms with E-state index in [9.17, 15) is 4.79 Å². The van der Waals surface area contributed by atoms with E-state index in [0.717, 1.165) is 43.4 Å². The number of nitrogens with one attached hydrogen (secondary N) is 1. The molecule has 23 heavy (non-hydrogen) atoms. The van der Waals surface area contributed by atoms with Crippen LogP contribution in [0.5, 0.6) is 0 Å². The number of benzene rings is 1. The predicted molar refractivity (Wildman–Crippen MR) is 91.5 cm³/mol. The molecule has 4 aliphatic rings. The van der Waals surface area contributed by atoms with Crippen LogP contribution in [0.4, 0.5) is 5.69 Å². The van der Waals surface area contributed by atoms with Crippen LogP contribution < -0.4 is 5.32 Å². The SMILES string of the molecule is COCc1ccccc1NC(=O)C12CC3CC(CC(Cl)(C3)C1)C2. The van der Waals surface area contributed by atoms with E-state index in [0.29, 0.717) is 18.4 Å². The van der Waals surface area contributed by atoms with Gasteiger partial charge in [0.1, 0.15) is 0 Å². The van der Waals surface area contributed by atoms with Crippen LogP contribution in [0.3, 0.4) is 0 Å². The molecule has 124 valence electrons. The van der Waals surface area contributed by atoms with Gasteiger partial charge in [0.2, 0.25) is 5.91 Å². The summed E-state index contributed by atoms with van der Waals surface area (Å²) in [5.41, 5.74) is 1.64. The number of amides is 1. The van der Waals surface area contributed by atoms with Gasteiger partial charge in [-0.1, -0.05) is 18.2 Å². The minimum Gasteiger partial charge on any atom is -0.380 e. The summed E-state index contributed by atoms with van der Waals surface area (Å²) < 4.78 is 5.24. The summed E-state index contributed by atoms with van der Waals surface area (Å²) >= 11 is 6.85. The summed E-state index contributed by atoms with van der Waals surface area (Å²) in [6.07, 6.45) is 6.32. The minimum atomic E-state index is -0.258. The van der Waals surface area contributed by atoms with Gasteiger partial charge in [-0.25, -0.2) is 0 Å². The molecule has 2 atom stereocenters. The molecule has 4 aliphatic carbocycles. The molecule has 0 aromatic heterocycles. The lowest BCUT2D eigenvalue weighted by atomic mass is 9.49. The molecule has 4 bridgehead atoms. The van der Waals surface area contributed by atoms with E-state index in [1.807, 2.05) is 24.3 Å². The van der Waals surface area contributed by atoms with Crippen molar-refractivity contribution in [1.29, 1.82) is 0 Å².